The molecular formula is C5H8NOP. The van der Waals surface area contributed by atoms with Gasteiger partial charge in [-0.3, -0.25) is 0 Å². The lowest BCUT2D eigenvalue weighted by Crippen LogP contribution is -1.82. The third kappa shape index (κ3) is 1.07. The van der Waals surface area contributed by atoms with Crippen LogP contribution in [0.2, 0.25) is 0 Å². The lowest BCUT2D eigenvalue weighted by atomic mass is 10.5. The van der Waals surface area contributed by atoms with Crippen LogP contribution >= 0.6 is 8.58 Å². The van der Waals surface area contributed by atoms with Gasteiger partial charge in [0, 0.05) is 6.07 Å². The Morgan fingerprint density at radius 1 is 1.75 bits per heavy atom. The quantitative estimate of drug-likeness (QED) is 0.527. The SMILES string of the molecule is CPc1cc(C)no1. The number of hydrogen-bond acceptors (Lipinski definition) is 2. The van der Waals surface area contributed by atoms with Gasteiger partial charge < -0.3 is 4.52 Å². The van der Waals surface area contributed by atoms with E-state index < -0.39 is 0 Å². The van der Waals surface area contributed by atoms with Gasteiger partial charge in [0.15, 0.2) is 5.50 Å². The molecule has 1 atom stereocenters. The van der Waals surface area contributed by atoms with E-state index in [-0.39, 0.29) is 0 Å². The summed E-state index contributed by atoms with van der Waals surface area (Å²) in [7, 11) is 0.722. The van der Waals surface area contributed by atoms with Gasteiger partial charge in [0.1, 0.15) is 0 Å². The van der Waals surface area contributed by atoms with Crippen molar-refractivity contribution in [1.29, 1.82) is 0 Å². The molecule has 1 unspecified atom stereocenters. The van der Waals surface area contributed by atoms with Crippen LogP contribution in [-0.4, -0.2) is 11.8 Å². The van der Waals surface area contributed by atoms with Crippen molar-refractivity contribution in [3.63, 3.8) is 0 Å². The monoisotopic (exact) mass is 129 g/mol. The van der Waals surface area contributed by atoms with Crippen molar-refractivity contribution in [1.82, 2.24) is 5.16 Å². The Hall–Kier alpha value is -0.360. The van der Waals surface area contributed by atoms with Gasteiger partial charge in [0.2, 0.25) is 0 Å². The summed E-state index contributed by atoms with van der Waals surface area (Å²) in [6.07, 6.45) is 0. The Morgan fingerprint density at radius 3 is 2.75 bits per heavy atom. The number of aromatic nitrogens is 1. The molecule has 2 nitrogen and oxygen atoms in total. The van der Waals surface area contributed by atoms with Crippen LogP contribution in [0.3, 0.4) is 0 Å². The zero-order valence-electron chi connectivity index (χ0n) is 4.93. The van der Waals surface area contributed by atoms with Crippen LogP contribution in [0.4, 0.5) is 0 Å². The molecule has 3 heteroatoms. The Balaban J connectivity index is 2.84. The van der Waals surface area contributed by atoms with Gasteiger partial charge in [0.05, 0.1) is 5.69 Å². The zero-order chi connectivity index (χ0) is 5.98. The average Bonchev–Trinajstić information content (AvgIpc) is 2.14. The van der Waals surface area contributed by atoms with Crippen molar-refractivity contribution in [2.45, 2.75) is 6.92 Å². The molecule has 44 valence electrons. The highest BCUT2D eigenvalue weighted by Gasteiger charge is 1.93. The minimum Gasteiger partial charge on any atom is -0.357 e. The highest BCUT2D eigenvalue weighted by molar-refractivity contribution is 7.45. The molecule has 0 saturated heterocycles. The van der Waals surface area contributed by atoms with Gasteiger partial charge in [-0.1, -0.05) is 13.7 Å². The Labute approximate surface area is 50.0 Å². The molecular weight excluding hydrogens is 121 g/mol. The second-order valence-electron chi connectivity index (χ2n) is 1.58. The molecule has 0 N–H and O–H groups in total. The van der Waals surface area contributed by atoms with Crippen LogP contribution in [0.5, 0.6) is 0 Å². The molecule has 1 aromatic rings. The van der Waals surface area contributed by atoms with Crippen molar-refractivity contribution in [3.8, 4) is 0 Å². The molecule has 1 rings (SSSR count). The minimum atomic E-state index is 0.722. The maximum atomic E-state index is 4.88. The number of hydrogen-bond donors (Lipinski definition) is 0. The summed E-state index contributed by atoms with van der Waals surface area (Å²) < 4.78 is 4.88. The van der Waals surface area contributed by atoms with E-state index in [1.165, 1.54) is 0 Å². The molecule has 0 aromatic carbocycles. The van der Waals surface area contributed by atoms with E-state index in [9.17, 15) is 0 Å². The van der Waals surface area contributed by atoms with Gasteiger partial charge in [-0.15, -0.1) is 0 Å². The fourth-order valence-corrected chi connectivity index (χ4v) is 0.972. The summed E-state index contributed by atoms with van der Waals surface area (Å²) in [5, 5.41) is 3.72. The van der Waals surface area contributed by atoms with Gasteiger partial charge in [-0.25, -0.2) is 0 Å². The maximum Gasteiger partial charge on any atom is 0.155 e. The maximum absolute atomic E-state index is 4.88. The number of rotatable bonds is 1. The highest BCUT2D eigenvalue weighted by Crippen LogP contribution is 2.02. The van der Waals surface area contributed by atoms with E-state index in [4.69, 9.17) is 4.52 Å². The van der Waals surface area contributed by atoms with Gasteiger partial charge in [0.25, 0.3) is 0 Å². The van der Waals surface area contributed by atoms with Crippen molar-refractivity contribution in [2.75, 3.05) is 6.66 Å². The lowest BCUT2D eigenvalue weighted by molar-refractivity contribution is 0.441. The topological polar surface area (TPSA) is 26.0 Å². The first-order valence-electron chi connectivity index (χ1n) is 2.44. The lowest BCUT2D eigenvalue weighted by Gasteiger charge is -1.77. The molecule has 0 saturated carbocycles. The van der Waals surface area contributed by atoms with Crippen molar-refractivity contribution in [2.24, 2.45) is 0 Å². The number of nitrogens with zero attached hydrogens (tertiary/aromatic N) is 1. The van der Waals surface area contributed by atoms with Crippen LogP contribution in [0, 0.1) is 6.92 Å². The van der Waals surface area contributed by atoms with E-state index in [0.29, 0.717) is 0 Å². The second-order valence-corrected chi connectivity index (χ2v) is 2.58. The Bertz CT molecular complexity index is 173. The molecule has 0 radical (unpaired) electrons. The molecule has 8 heavy (non-hydrogen) atoms. The summed E-state index contributed by atoms with van der Waals surface area (Å²) in [6, 6.07) is 1.96. The van der Waals surface area contributed by atoms with Crippen LogP contribution in [-0.2, 0) is 0 Å². The minimum absolute atomic E-state index is 0.722. The number of aryl methyl sites for hydroxylation is 1. The fraction of sp³-hybridized carbons (Fsp3) is 0.400. The smallest absolute Gasteiger partial charge is 0.155 e. The molecule has 1 heterocycles. The van der Waals surface area contributed by atoms with E-state index in [0.717, 1.165) is 19.8 Å². The Morgan fingerprint density at radius 2 is 2.50 bits per heavy atom. The van der Waals surface area contributed by atoms with Crippen LogP contribution in [0.25, 0.3) is 0 Å². The largest absolute Gasteiger partial charge is 0.357 e. The predicted octanol–water partition coefficient (Wildman–Crippen LogP) is 0.917. The van der Waals surface area contributed by atoms with E-state index in [2.05, 4.69) is 11.8 Å². The first-order valence-corrected chi connectivity index (χ1v) is 3.94. The zero-order valence-corrected chi connectivity index (χ0v) is 5.93. The summed E-state index contributed by atoms with van der Waals surface area (Å²) in [5.41, 5.74) is 1.96. The van der Waals surface area contributed by atoms with Crippen molar-refractivity contribution < 1.29 is 4.52 Å². The summed E-state index contributed by atoms with van der Waals surface area (Å²) in [5.74, 6) is 0. The summed E-state index contributed by atoms with van der Waals surface area (Å²) >= 11 is 0. The first kappa shape index (κ1) is 5.77. The van der Waals surface area contributed by atoms with Gasteiger partial charge >= 0.3 is 0 Å². The third-order valence-electron chi connectivity index (χ3n) is 0.874. The molecule has 0 aliphatic carbocycles. The highest BCUT2D eigenvalue weighted by atomic mass is 31.1. The molecule has 0 aliphatic heterocycles. The van der Waals surface area contributed by atoms with Gasteiger partial charge in [-0.2, -0.15) is 0 Å². The molecule has 0 spiro atoms. The molecule has 0 bridgehead atoms. The van der Waals surface area contributed by atoms with E-state index >= 15 is 0 Å². The Kier molecular flexibility index (Phi) is 1.64. The fourth-order valence-electron chi connectivity index (χ4n) is 0.481. The van der Waals surface area contributed by atoms with E-state index in [1.54, 1.807) is 0 Å². The third-order valence-corrected chi connectivity index (χ3v) is 1.60. The molecule has 1 aromatic heterocycles. The molecule has 0 fully saturated rings. The van der Waals surface area contributed by atoms with Gasteiger partial charge in [-0.05, 0) is 13.6 Å². The normalized spacial score (nSPS) is 11.2. The first-order chi connectivity index (χ1) is 3.83. The summed E-state index contributed by atoms with van der Waals surface area (Å²) in [6.45, 7) is 3.99. The van der Waals surface area contributed by atoms with Crippen molar-refractivity contribution in [3.05, 3.63) is 11.8 Å². The molecule has 0 amide bonds. The molecule has 0 aliphatic rings. The second kappa shape index (κ2) is 2.27. The van der Waals surface area contributed by atoms with Crippen LogP contribution in [0.15, 0.2) is 10.6 Å². The predicted molar refractivity (Wildman–Crippen MR) is 35.1 cm³/mol. The van der Waals surface area contributed by atoms with Crippen LogP contribution < -0.4 is 5.50 Å². The van der Waals surface area contributed by atoms with Crippen molar-refractivity contribution >= 4 is 14.1 Å². The van der Waals surface area contributed by atoms with Crippen LogP contribution in [0.1, 0.15) is 5.69 Å². The average molecular weight is 129 g/mol. The standard InChI is InChI=1S/C5H8NOP/c1-4-3-5(8-2)7-6-4/h3,8H,1-2H3. The summed E-state index contributed by atoms with van der Waals surface area (Å²) in [4.78, 5) is 0. The van der Waals surface area contributed by atoms with E-state index in [1.807, 2.05) is 13.0 Å².